The number of furan rings is 1. The van der Waals surface area contributed by atoms with Crippen LogP contribution in [0.2, 0.25) is 0 Å². The zero-order valence-corrected chi connectivity index (χ0v) is 19.2. The predicted molar refractivity (Wildman–Crippen MR) is 125 cm³/mol. The van der Waals surface area contributed by atoms with Crippen LogP contribution in [0, 0.1) is 0 Å². The lowest BCUT2D eigenvalue weighted by Gasteiger charge is -2.14. The molecule has 1 atom stereocenters. The van der Waals surface area contributed by atoms with Gasteiger partial charge in [-0.3, -0.25) is 9.36 Å². The maximum atomic E-state index is 12.8. The quantitative estimate of drug-likeness (QED) is 0.367. The summed E-state index contributed by atoms with van der Waals surface area (Å²) >= 11 is 1.26. The number of hydrogen-bond acceptors (Lipinski definition) is 7. The molecule has 0 spiro atoms. The third-order valence-electron chi connectivity index (χ3n) is 4.74. The number of nitrogens with zero attached hydrogens (tertiary/aromatic N) is 3. The zero-order valence-electron chi connectivity index (χ0n) is 17.6. The maximum Gasteiger partial charge on any atom is 0.238 e. The van der Waals surface area contributed by atoms with Gasteiger partial charge in [-0.2, -0.15) is 0 Å². The van der Waals surface area contributed by atoms with Gasteiger partial charge in [-0.1, -0.05) is 42.1 Å². The largest absolute Gasteiger partial charge is 0.461 e. The van der Waals surface area contributed by atoms with E-state index < -0.39 is 15.3 Å². The molecule has 1 unspecified atom stereocenters. The number of sulfonamides is 1. The fourth-order valence-corrected chi connectivity index (χ4v) is 4.42. The molecule has 2 aromatic heterocycles. The van der Waals surface area contributed by atoms with E-state index in [1.807, 2.05) is 34.9 Å². The van der Waals surface area contributed by atoms with Gasteiger partial charge in [-0.25, -0.2) is 13.6 Å². The highest BCUT2D eigenvalue weighted by atomic mass is 32.2. The summed E-state index contributed by atoms with van der Waals surface area (Å²) in [6, 6.07) is 19.1. The van der Waals surface area contributed by atoms with Crippen molar-refractivity contribution in [1.29, 1.82) is 0 Å². The van der Waals surface area contributed by atoms with Crippen molar-refractivity contribution >= 4 is 33.4 Å². The first-order chi connectivity index (χ1) is 15.8. The number of amides is 1. The normalized spacial score (nSPS) is 12.4. The average Bonchev–Trinajstić information content (AvgIpc) is 3.45. The van der Waals surface area contributed by atoms with Crippen molar-refractivity contribution < 1.29 is 17.6 Å². The average molecular weight is 484 g/mol. The number of benzene rings is 2. The molecular weight excluding hydrogens is 462 g/mol. The van der Waals surface area contributed by atoms with Gasteiger partial charge in [0.05, 0.1) is 23.0 Å². The van der Waals surface area contributed by atoms with E-state index in [0.717, 1.165) is 5.56 Å². The van der Waals surface area contributed by atoms with E-state index in [9.17, 15) is 13.2 Å². The number of aromatic nitrogens is 3. The fraction of sp³-hybridized carbons (Fsp3) is 0.136. The lowest BCUT2D eigenvalue weighted by molar-refractivity contribution is -0.115. The number of hydrogen-bond donors (Lipinski definition) is 2. The summed E-state index contributed by atoms with van der Waals surface area (Å²) in [6.45, 7) is 2.27. The van der Waals surface area contributed by atoms with Crippen molar-refractivity contribution in [2.75, 3.05) is 5.32 Å². The Bertz CT molecular complexity index is 1340. The number of carbonyl (C=O) groups is 1. The van der Waals surface area contributed by atoms with Gasteiger partial charge in [0.15, 0.2) is 10.9 Å². The highest BCUT2D eigenvalue weighted by Crippen LogP contribution is 2.28. The molecule has 2 heterocycles. The van der Waals surface area contributed by atoms with Crippen LogP contribution in [0.15, 0.2) is 87.5 Å². The minimum Gasteiger partial charge on any atom is -0.461 e. The molecular formula is C22H21N5O4S2. The number of carbonyl (C=O) groups excluding carboxylic acids is 1. The van der Waals surface area contributed by atoms with Gasteiger partial charge in [0, 0.05) is 5.69 Å². The Balaban J connectivity index is 1.52. The Hall–Kier alpha value is -3.41. The molecule has 170 valence electrons. The predicted octanol–water partition coefficient (Wildman–Crippen LogP) is 3.35. The lowest BCUT2D eigenvalue weighted by atomic mass is 10.2. The molecule has 0 saturated heterocycles. The van der Waals surface area contributed by atoms with Gasteiger partial charge < -0.3 is 9.73 Å². The van der Waals surface area contributed by atoms with Crippen LogP contribution in [0.25, 0.3) is 11.6 Å². The summed E-state index contributed by atoms with van der Waals surface area (Å²) in [7, 11) is -3.79. The molecule has 0 aliphatic rings. The Labute approximate surface area is 195 Å². The lowest BCUT2D eigenvalue weighted by Crippen LogP contribution is -2.23. The molecule has 0 fully saturated rings. The number of thioether (sulfide) groups is 1. The first-order valence-electron chi connectivity index (χ1n) is 9.92. The molecule has 3 N–H and O–H groups in total. The van der Waals surface area contributed by atoms with Gasteiger partial charge in [-0.15, -0.1) is 10.2 Å². The molecule has 4 aromatic rings. The van der Waals surface area contributed by atoms with E-state index in [1.54, 1.807) is 25.3 Å². The molecule has 0 saturated carbocycles. The van der Waals surface area contributed by atoms with Gasteiger partial charge in [0.25, 0.3) is 0 Å². The van der Waals surface area contributed by atoms with E-state index in [2.05, 4.69) is 15.5 Å². The van der Waals surface area contributed by atoms with Crippen LogP contribution in [0.1, 0.15) is 12.5 Å². The van der Waals surface area contributed by atoms with Crippen molar-refractivity contribution in [3.05, 3.63) is 78.6 Å². The number of anilines is 1. The van der Waals surface area contributed by atoms with Crippen molar-refractivity contribution in [2.24, 2.45) is 5.14 Å². The van der Waals surface area contributed by atoms with Crippen LogP contribution in [0.4, 0.5) is 5.69 Å². The number of primary sulfonamides is 1. The first kappa shape index (κ1) is 22.8. The van der Waals surface area contributed by atoms with Gasteiger partial charge in [0.2, 0.25) is 21.8 Å². The van der Waals surface area contributed by atoms with Crippen LogP contribution in [-0.2, 0) is 21.4 Å². The van der Waals surface area contributed by atoms with Crippen LogP contribution in [0.5, 0.6) is 0 Å². The summed E-state index contributed by atoms with van der Waals surface area (Å²) in [5.41, 5.74) is 1.51. The van der Waals surface area contributed by atoms with Crippen molar-refractivity contribution in [3.63, 3.8) is 0 Å². The SMILES string of the molecule is CC(Sc1nnc(-c2ccco2)n1Cc1ccccc1)C(=O)Nc1ccc(S(N)(=O)=O)cc1. The van der Waals surface area contributed by atoms with E-state index in [-0.39, 0.29) is 10.8 Å². The Morgan fingerprint density at radius 3 is 2.45 bits per heavy atom. The Kier molecular flexibility index (Phi) is 6.63. The van der Waals surface area contributed by atoms with Crippen LogP contribution < -0.4 is 10.5 Å². The maximum absolute atomic E-state index is 12.8. The molecule has 2 aromatic carbocycles. The Morgan fingerprint density at radius 2 is 1.82 bits per heavy atom. The van der Waals surface area contributed by atoms with E-state index >= 15 is 0 Å². The third-order valence-corrected chi connectivity index (χ3v) is 6.75. The van der Waals surface area contributed by atoms with E-state index in [1.165, 1.54) is 36.0 Å². The summed E-state index contributed by atoms with van der Waals surface area (Å²) in [5.74, 6) is 0.882. The monoisotopic (exact) mass is 483 g/mol. The highest BCUT2D eigenvalue weighted by Gasteiger charge is 2.22. The van der Waals surface area contributed by atoms with E-state index in [0.29, 0.717) is 29.0 Å². The van der Waals surface area contributed by atoms with Crippen LogP contribution in [0.3, 0.4) is 0 Å². The molecule has 4 rings (SSSR count). The smallest absolute Gasteiger partial charge is 0.238 e. The summed E-state index contributed by atoms with van der Waals surface area (Å²) in [4.78, 5) is 12.7. The van der Waals surface area contributed by atoms with Gasteiger partial charge >= 0.3 is 0 Å². The third kappa shape index (κ3) is 5.51. The second-order valence-electron chi connectivity index (χ2n) is 7.17. The molecule has 9 nitrogen and oxygen atoms in total. The van der Waals surface area contributed by atoms with Crippen LogP contribution in [-0.4, -0.2) is 34.3 Å². The van der Waals surface area contributed by atoms with Crippen molar-refractivity contribution in [1.82, 2.24) is 14.8 Å². The van der Waals surface area contributed by atoms with Crippen molar-refractivity contribution in [3.8, 4) is 11.6 Å². The molecule has 0 bridgehead atoms. The van der Waals surface area contributed by atoms with Gasteiger partial charge in [0.1, 0.15) is 0 Å². The standard InChI is InChI=1S/C22H21N5O4S2/c1-15(21(28)24-17-9-11-18(12-10-17)33(23,29)30)32-22-26-25-20(19-8-5-13-31-19)27(22)14-16-6-3-2-4-7-16/h2-13,15H,14H2,1H3,(H,24,28)(H2,23,29,30). The molecule has 0 aliphatic heterocycles. The zero-order chi connectivity index (χ0) is 23.4. The van der Waals surface area contributed by atoms with E-state index in [4.69, 9.17) is 9.56 Å². The van der Waals surface area contributed by atoms with Crippen LogP contribution >= 0.6 is 11.8 Å². The molecule has 0 aliphatic carbocycles. The highest BCUT2D eigenvalue weighted by molar-refractivity contribution is 8.00. The topological polar surface area (TPSA) is 133 Å². The number of nitrogens with one attached hydrogen (secondary N) is 1. The van der Waals surface area contributed by atoms with Gasteiger partial charge in [-0.05, 0) is 48.9 Å². The first-order valence-corrected chi connectivity index (χ1v) is 12.4. The second kappa shape index (κ2) is 9.61. The molecule has 0 radical (unpaired) electrons. The summed E-state index contributed by atoms with van der Waals surface area (Å²) in [6.07, 6.45) is 1.57. The number of nitrogens with two attached hydrogens (primary N) is 1. The summed E-state index contributed by atoms with van der Waals surface area (Å²) < 4.78 is 30.2. The second-order valence-corrected chi connectivity index (χ2v) is 10.0. The molecule has 1 amide bonds. The van der Waals surface area contributed by atoms with Crippen molar-refractivity contribution in [2.45, 2.75) is 28.8 Å². The minimum atomic E-state index is -3.79. The minimum absolute atomic E-state index is 0.0256. The number of rotatable bonds is 8. The Morgan fingerprint density at radius 1 is 1.09 bits per heavy atom. The molecule has 11 heteroatoms. The fourth-order valence-electron chi connectivity index (χ4n) is 3.06. The summed E-state index contributed by atoms with van der Waals surface area (Å²) in [5, 5.41) is 16.5. The molecule has 33 heavy (non-hydrogen) atoms.